The summed E-state index contributed by atoms with van der Waals surface area (Å²) in [4.78, 5) is 15.7. The number of halogens is 2. The highest BCUT2D eigenvalue weighted by atomic mass is 35.5. The Balaban J connectivity index is 1.92. The van der Waals surface area contributed by atoms with E-state index < -0.39 is 5.82 Å². The van der Waals surface area contributed by atoms with Crippen LogP contribution in [0.3, 0.4) is 0 Å². The summed E-state index contributed by atoms with van der Waals surface area (Å²) in [5.74, 6) is -0.136. The number of amides is 1. The lowest BCUT2D eigenvalue weighted by Gasteiger charge is -2.08. The van der Waals surface area contributed by atoms with Gasteiger partial charge < -0.3 is 10.1 Å². The van der Waals surface area contributed by atoms with E-state index in [9.17, 15) is 9.18 Å². The number of aryl methyl sites for hydroxylation is 1. The summed E-state index contributed by atoms with van der Waals surface area (Å²) in [5, 5.41) is 2.71. The van der Waals surface area contributed by atoms with Crippen molar-refractivity contribution in [2.45, 2.75) is 6.92 Å². The Hall–Kier alpha value is -2.14. The van der Waals surface area contributed by atoms with Crippen LogP contribution in [0.4, 0.5) is 10.2 Å². The molecule has 1 amide bonds. The number of benzene rings is 1. The van der Waals surface area contributed by atoms with Crippen molar-refractivity contribution in [3.8, 4) is 5.75 Å². The van der Waals surface area contributed by atoms with Gasteiger partial charge in [-0.2, -0.15) is 0 Å². The van der Waals surface area contributed by atoms with E-state index >= 15 is 0 Å². The Morgan fingerprint density at radius 3 is 2.90 bits per heavy atom. The highest BCUT2D eigenvalue weighted by Gasteiger charge is 2.07. The van der Waals surface area contributed by atoms with Crippen LogP contribution in [0.5, 0.6) is 5.75 Å². The summed E-state index contributed by atoms with van der Waals surface area (Å²) in [6.45, 7) is 1.66. The molecule has 0 bridgehead atoms. The first-order chi connectivity index (χ1) is 9.54. The molecular weight excluding hydrogens is 283 g/mol. The molecule has 1 aromatic carbocycles. The van der Waals surface area contributed by atoms with Gasteiger partial charge in [-0.25, -0.2) is 9.37 Å². The van der Waals surface area contributed by atoms with Crippen LogP contribution in [0.25, 0.3) is 0 Å². The molecular formula is C14H12ClFN2O2. The molecule has 20 heavy (non-hydrogen) atoms. The maximum atomic E-state index is 12.8. The molecule has 0 radical (unpaired) electrons. The minimum atomic E-state index is -0.462. The first-order valence-corrected chi connectivity index (χ1v) is 6.23. The normalized spacial score (nSPS) is 10.2. The van der Waals surface area contributed by atoms with Crippen molar-refractivity contribution in [1.29, 1.82) is 0 Å². The molecule has 2 rings (SSSR count). The number of hydrogen-bond donors (Lipinski definition) is 1. The van der Waals surface area contributed by atoms with Gasteiger partial charge in [0.2, 0.25) is 0 Å². The molecule has 2 aromatic rings. The highest BCUT2D eigenvalue weighted by Crippen LogP contribution is 2.24. The van der Waals surface area contributed by atoms with Crippen LogP contribution in [0.15, 0.2) is 36.5 Å². The van der Waals surface area contributed by atoms with Crippen LogP contribution in [0.1, 0.15) is 5.56 Å². The van der Waals surface area contributed by atoms with E-state index in [0.29, 0.717) is 5.82 Å². The fourth-order valence-electron chi connectivity index (χ4n) is 1.52. The lowest BCUT2D eigenvalue weighted by Crippen LogP contribution is -2.20. The summed E-state index contributed by atoms with van der Waals surface area (Å²) >= 11 is 5.78. The van der Waals surface area contributed by atoms with Crippen LogP contribution < -0.4 is 10.1 Å². The topological polar surface area (TPSA) is 51.2 Å². The Morgan fingerprint density at radius 1 is 1.40 bits per heavy atom. The van der Waals surface area contributed by atoms with Gasteiger partial charge in [0.15, 0.2) is 6.61 Å². The number of ether oxygens (including phenoxy) is 1. The maximum Gasteiger partial charge on any atom is 0.263 e. The maximum absolute atomic E-state index is 12.8. The van der Waals surface area contributed by atoms with Crippen LogP contribution in [-0.2, 0) is 4.79 Å². The average Bonchev–Trinajstić information content (AvgIpc) is 2.37. The zero-order valence-corrected chi connectivity index (χ0v) is 11.4. The number of rotatable bonds is 4. The summed E-state index contributed by atoms with van der Waals surface area (Å²) in [6, 6.07) is 7.27. The smallest absolute Gasteiger partial charge is 0.263 e. The third-order valence-electron chi connectivity index (χ3n) is 2.44. The number of carbonyl (C=O) groups excluding carboxylic acids is 1. The Labute approximate surface area is 120 Å². The van der Waals surface area contributed by atoms with Gasteiger partial charge in [0, 0.05) is 6.20 Å². The monoisotopic (exact) mass is 294 g/mol. The van der Waals surface area contributed by atoms with Crippen molar-refractivity contribution in [2.75, 3.05) is 11.9 Å². The molecule has 0 spiro atoms. The molecule has 0 atom stereocenters. The van der Waals surface area contributed by atoms with Gasteiger partial charge in [0.1, 0.15) is 17.4 Å². The molecule has 0 aliphatic carbocycles. The number of aromatic nitrogens is 1. The molecule has 1 heterocycles. The van der Waals surface area contributed by atoms with E-state index in [-0.39, 0.29) is 23.3 Å². The molecule has 4 nitrogen and oxygen atoms in total. The van der Waals surface area contributed by atoms with Gasteiger partial charge in [-0.3, -0.25) is 4.79 Å². The molecule has 0 aliphatic rings. The summed E-state index contributed by atoms with van der Waals surface area (Å²) in [5.41, 5.74) is 0.984. The van der Waals surface area contributed by atoms with Gasteiger partial charge in [-0.05, 0) is 42.8 Å². The Bertz CT molecular complexity index is 634. The minimum Gasteiger partial charge on any atom is -0.482 e. The zero-order chi connectivity index (χ0) is 14.5. The van der Waals surface area contributed by atoms with Crippen molar-refractivity contribution in [2.24, 2.45) is 0 Å². The number of hydrogen-bond acceptors (Lipinski definition) is 3. The second-order valence-electron chi connectivity index (χ2n) is 4.13. The zero-order valence-electron chi connectivity index (χ0n) is 10.7. The number of nitrogens with zero attached hydrogens (tertiary/aromatic N) is 1. The van der Waals surface area contributed by atoms with Crippen molar-refractivity contribution in [3.05, 3.63) is 52.9 Å². The lowest BCUT2D eigenvalue weighted by molar-refractivity contribution is -0.118. The first kappa shape index (κ1) is 14.3. The van der Waals surface area contributed by atoms with Crippen molar-refractivity contribution >= 4 is 23.3 Å². The molecule has 0 unspecified atom stereocenters. The van der Waals surface area contributed by atoms with Gasteiger partial charge in [0.25, 0.3) is 5.91 Å². The molecule has 0 saturated carbocycles. The first-order valence-electron chi connectivity index (χ1n) is 5.85. The van der Waals surface area contributed by atoms with E-state index in [1.807, 2.05) is 13.0 Å². The van der Waals surface area contributed by atoms with Crippen LogP contribution in [0, 0.1) is 12.7 Å². The van der Waals surface area contributed by atoms with Gasteiger partial charge >= 0.3 is 0 Å². The summed E-state index contributed by atoms with van der Waals surface area (Å²) in [6.07, 6.45) is 1.60. The summed E-state index contributed by atoms with van der Waals surface area (Å²) < 4.78 is 18.1. The minimum absolute atomic E-state index is 0.117. The molecule has 0 aliphatic heterocycles. The third kappa shape index (κ3) is 3.93. The largest absolute Gasteiger partial charge is 0.482 e. The van der Waals surface area contributed by atoms with Gasteiger partial charge in [-0.15, -0.1) is 0 Å². The number of nitrogens with one attached hydrogen (secondary N) is 1. The van der Waals surface area contributed by atoms with Crippen molar-refractivity contribution < 1.29 is 13.9 Å². The average molecular weight is 295 g/mol. The second-order valence-corrected chi connectivity index (χ2v) is 4.54. The molecule has 1 aromatic heterocycles. The number of pyridine rings is 1. The molecule has 1 N–H and O–H groups in total. The van der Waals surface area contributed by atoms with E-state index in [4.69, 9.17) is 16.3 Å². The fourth-order valence-corrected chi connectivity index (χ4v) is 1.74. The van der Waals surface area contributed by atoms with Gasteiger partial charge in [-0.1, -0.05) is 11.6 Å². The Morgan fingerprint density at radius 2 is 2.20 bits per heavy atom. The highest BCUT2D eigenvalue weighted by molar-refractivity contribution is 6.32. The third-order valence-corrected chi connectivity index (χ3v) is 2.73. The van der Waals surface area contributed by atoms with Crippen LogP contribution in [0.2, 0.25) is 5.02 Å². The van der Waals surface area contributed by atoms with Crippen molar-refractivity contribution in [1.82, 2.24) is 4.98 Å². The second kappa shape index (κ2) is 6.34. The predicted molar refractivity (Wildman–Crippen MR) is 74.5 cm³/mol. The molecule has 104 valence electrons. The predicted octanol–water partition coefficient (Wildman–Crippen LogP) is 3.20. The molecule has 6 heteroatoms. The number of anilines is 1. The standard InChI is InChI=1S/C14H12ClFN2O2/c1-9-4-5-17-13(6-9)18-14(19)8-20-12-3-2-10(16)7-11(12)15/h2-7H,8H2,1H3,(H,17,18,19). The van der Waals surface area contributed by atoms with Gasteiger partial charge in [0.05, 0.1) is 5.02 Å². The van der Waals surface area contributed by atoms with Crippen LogP contribution >= 0.6 is 11.6 Å². The molecule has 0 fully saturated rings. The SMILES string of the molecule is Cc1ccnc(NC(=O)COc2ccc(F)cc2Cl)c1. The van der Waals surface area contributed by atoms with E-state index in [1.165, 1.54) is 12.1 Å². The van der Waals surface area contributed by atoms with E-state index in [0.717, 1.165) is 11.6 Å². The quantitative estimate of drug-likeness (QED) is 0.942. The summed E-state index contributed by atoms with van der Waals surface area (Å²) in [7, 11) is 0. The van der Waals surface area contributed by atoms with E-state index in [1.54, 1.807) is 12.3 Å². The van der Waals surface area contributed by atoms with E-state index in [2.05, 4.69) is 10.3 Å². The Kier molecular flexibility index (Phi) is 4.53. The van der Waals surface area contributed by atoms with Crippen molar-refractivity contribution in [3.63, 3.8) is 0 Å². The molecule has 0 saturated heterocycles. The number of carbonyl (C=O) groups is 1. The lowest BCUT2D eigenvalue weighted by atomic mass is 10.3. The fraction of sp³-hybridized carbons (Fsp3) is 0.143. The van der Waals surface area contributed by atoms with Crippen LogP contribution in [-0.4, -0.2) is 17.5 Å².